The van der Waals surface area contributed by atoms with Crippen LogP contribution in [0.15, 0.2) is 30.3 Å². The first kappa shape index (κ1) is 21.7. The first-order chi connectivity index (χ1) is 13.3. The van der Waals surface area contributed by atoms with E-state index in [2.05, 4.69) is 19.2 Å². The zero-order chi connectivity index (χ0) is 20.8. The second-order valence-electron chi connectivity index (χ2n) is 7.40. The van der Waals surface area contributed by atoms with E-state index < -0.39 is 5.97 Å². The van der Waals surface area contributed by atoms with Crippen LogP contribution in [0, 0.1) is 34.6 Å². The van der Waals surface area contributed by atoms with E-state index in [9.17, 15) is 9.59 Å². The van der Waals surface area contributed by atoms with Gasteiger partial charge in [-0.05, 0) is 74.4 Å². The van der Waals surface area contributed by atoms with Gasteiger partial charge in [0.1, 0.15) is 0 Å². The molecule has 1 N–H and O–H groups in total. The van der Waals surface area contributed by atoms with Crippen molar-refractivity contribution >= 4 is 11.9 Å². The Balaban J connectivity index is 2.07. The average Bonchev–Trinajstić information content (AvgIpc) is 2.69. The molecule has 1 amide bonds. The van der Waals surface area contributed by atoms with Crippen LogP contribution in [0.2, 0.25) is 0 Å². The molecule has 0 unspecified atom stereocenters. The van der Waals surface area contributed by atoms with Crippen LogP contribution in [0.3, 0.4) is 0 Å². The fraction of sp³-hybridized carbons (Fsp3) is 0.417. The molecule has 1 atom stereocenters. The van der Waals surface area contributed by atoms with Gasteiger partial charge in [0.15, 0.2) is 6.61 Å². The summed E-state index contributed by atoms with van der Waals surface area (Å²) in [6.07, 6.45) is 1.78. The van der Waals surface area contributed by atoms with Gasteiger partial charge in [0, 0.05) is 0 Å². The van der Waals surface area contributed by atoms with Crippen molar-refractivity contribution in [3.63, 3.8) is 0 Å². The lowest BCUT2D eigenvalue weighted by Gasteiger charge is -2.20. The zero-order valence-corrected chi connectivity index (χ0v) is 17.8. The minimum Gasteiger partial charge on any atom is -0.452 e. The Morgan fingerprint density at radius 2 is 1.43 bits per heavy atom. The van der Waals surface area contributed by atoms with Gasteiger partial charge < -0.3 is 10.1 Å². The summed E-state index contributed by atoms with van der Waals surface area (Å²) in [5.74, 6) is -0.727. The highest BCUT2D eigenvalue weighted by Gasteiger charge is 2.21. The molecule has 4 heteroatoms. The molecular formula is C24H31NO3. The molecule has 150 valence electrons. The monoisotopic (exact) mass is 381 g/mol. The molecule has 0 aromatic heterocycles. The Morgan fingerprint density at radius 3 is 1.96 bits per heavy atom. The van der Waals surface area contributed by atoms with E-state index in [-0.39, 0.29) is 18.6 Å². The molecule has 0 saturated heterocycles. The van der Waals surface area contributed by atoms with Gasteiger partial charge in [-0.1, -0.05) is 43.7 Å². The Morgan fingerprint density at radius 1 is 0.893 bits per heavy atom. The standard InChI is InChI=1S/C24H31NO3/c1-7-11-21(20-12-9-8-10-13-20)25-22(26)14-28-24(27)23-18(5)16(3)15(2)17(4)19(23)6/h8-10,12-13,21H,7,11,14H2,1-6H3,(H,25,26)/t21-/m1/s1. The molecule has 0 radical (unpaired) electrons. The molecule has 0 fully saturated rings. The zero-order valence-electron chi connectivity index (χ0n) is 17.8. The molecule has 2 rings (SSSR count). The molecule has 0 aliphatic rings. The molecule has 4 nitrogen and oxygen atoms in total. The molecule has 0 spiro atoms. The fourth-order valence-corrected chi connectivity index (χ4v) is 3.54. The van der Waals surface area contributed by atoms with Gasteiger partial charge in [-0.3, -0.25) is 4.79 Å². The minimum absolute atomic E-state index is 0.0789. The average molecular weight is 382 g/mol. The summed E-state index contributed by atoms with van der Waals surface area (Å²) >= 11 is 0. The fourth-order valence-electron chi connectivity index (χ4n) is 3.54. The van der Waals surface area contributed by atoms with E-state index in [1.165, 1.54) is 5.56 Å². The van der Waals surface area contributed by atoms with Crippen molar-refractivity contribution in [1.82, 2.24) is 5.32 Å². The first-order valence-electron chi connectivity index (χ1n) is 9.86. The van der Waals surface area contributed by atoms with Crippen molar-refractivity contribution in [3.05, 3.63) is 69.3 Å². The van der Waals surface area contributed by atoms with Crippen LogP contribution in [0.1, 0.15) is 69.5 Å². The highest BCUT2D eigenvalue weighted by atomic mass is 16.5. The minimum atomic E-state index is -0.442. The third-order valence-corrected chi connectivity index (χ3v) is 5.65. The molecular weight excluding hydrogens is 350 g/mol. The summed E-state index contributed by atoms with van der Waals surface area (Å²) in [6.45, 7) is 11.7. The van der Waals surface area contributed by atoms with Gasteiger partial charge in [0.2, 0.25) is 0 Å². The van der Waals surface area contributed by atoms with Gasteiger partial charge in [0.05, 0.1) is 11.6 Å². The normalized spacial score (nSPS) is 11.8. The third-order valence-electron chi connectivity index (χ3n) is 5.65. The van der Waals surface area contributed by atoms with Crippen LogP contribution < -0.4 is 5.32 Å². The van der Waals surface area contributed by atoms with Gasteiger partial charge >= 0.3 is 5.97 Å². The Labute approximate surface area is 168 Å². The number of amides is 1. The van der Waals surface area contributed by atoms with Crippen molar-refractivity contribution in [2.45, 2.75) is 60.4 Å². The Hall–Kier alpha value is -2.62. The topological polar surface area (TPSA) is 55.4 Å². The Bertz CT molecular complexity index is 827. The van der Waals surface area contributed by atoms with Crippen molar-refractivity contribution in [1.29, 1.82) is 0 Å². The second-order valence-corrected chi connectivity index (χ2v) is 7.40. The SMILES string of the molecule is CCC[C@@H](NC(=O)COC(=O)c1c(C)c(C)c(C)c(C)c1C)c1ccccc1. The lowest BCUT2D eigenvalue weighted by molar-refractivity contribution is -0.125. The van der Waals surface area contributed by atoms with Crippen LogP contribution >= 0.6 is 0 Å². The van der Waals surface area contributed by atoms with Gasteiger partial charge in [-0.15, -0.1) is 0 Å². The third kappa shape index (κ3) is 4.80. The number of rotatable bonds is 7. The quantitative estimate of drug-likeness (QED) is 0.683. The molecule has 0 saturated carbocycles. The largest absolute Gasteiger partial charge is 0.452 e. The smallest absolute Gasteiger partial charge is 0.339 e. The lowest BCUT2D eigenvalue weighted by Crippen LogP contribution is -2.32. The predicted octanol–water partition coefficient (Wildman–Crippen LogP) is 5.04. The molecule has 0 bridgehead atoms. The Kier molecular flexibility index (Phi) is 7.38. The highest BCUT2D eigenvalue weighted by Crippen LogP contribution is 2.26. The molecule has 0 heterocycles. The van der Waals surface area contributed by atoms with E-state index >= 15 is 0 Å². The molecule has 2 aromatic carbocycles. The van der Waals surface area contributed by atoms with E-state index in [1.54, 1.807) is 0 Å². The van der Waals surface area contributed by atoms with Crippen LogP contribution in [-0.2, 0) is 9.53 Å². The van der Waals surface area contributed by atoms with Crippen LogP contribution in [-0.4, -0.2) is 18.5 Å². The van der Waals surface area contributed by atoms with Gasteiger partial charge in [-0.2, -0.15) is 0 Å². The van der Waals surface area contributed by atoms with Crippen LogP contribution in [0.5, 0.6) is 0 Å². The molecule has 2 aromatic rings. The summed E-state index contributed by atoms with van der Waals surface area (Å²) in [4.78, 5) is 25.1. The summed E-state index contributed by atoms with van der Waals surface area (Å²) in [6, 6.07) is 9.78. The number of esters is 1. The van der Waals surface area contributed by atoms with E-state index in [0.29, 0.717) is 5.56 Å². The summed E-state index contributed by atoms with van der Waals surface area (Å²) in [7, 11) is 0. The van der Waals surface area contributed by atoms with E-state index in [0.717, 1.165) is 40.7 Å². The first-order valence-corrected chi connectivity index (χ1v) is 9.86. The summed E-state index contributed by atoms with van der Waals surface area (Å²) in [5.41, 5.74) is 6.83. The number of nitrogens with one attached hydrogen (secondary N) is 1. The summed E-state index contributed by atoms with van der Waals surface area (Å²) in [5, 5.41) is 2.99. The number of hydrogen-bond acceptors (Lipinski definition) is 3. The van der Waals surface area contributed by atoms with Crippen LogP contribution in [0.25, 0.3) is 0 Å². The van der Waals surface area contributed by atoms with Crippen molar-refractivity contribution in [3.8, 4) is 0 Å². The number of benzene rings is 2. The number of ether oxygens (including phenoxy) is 1. The van der Waals surface area contributed by atoms with E-state index in [4.69, 9.17) is 4.74 Å². The van der Waals surface area contributed by atoms with Gasteiger partial charge in [-0.25, -0.2) is 4.79 Å². The maximum absolute atomic E-state index is 12.7. The highest BCUT2D eigenvalue weighted by molar-refractivity contribution is 5.95. The maximum Gasteiger partial charge on any atom is 0.339 e. The van der Waals surface area contributed by atoms with E-state index in [1.807, 2.05) is 58.0 Å². The number of hydrogen-bond donors (Lipinski definition) is 1. The predicted molar refractivity (Wildman–Crippen MR) is 113 cm³/mol. The van der Waals surface area contributed by atoms with Crippen molar-refractivity contribution in [2.75, 3.05) is 6.61 Å². The second kappa shape index (κ2) is 9.54. The molecule has 0 aliphatic carbocycles. The number of carbonyl (C=O) groups is 2. The summed E-state index contributed by atoms with van der Waals surface area (Å²) < 4.78 is 5.37. The van der Waals surface area contributed by atoms with Crippen molar-refractivity contribution in [2.24, 2.45) is 0 Å². The maximum atomic E-state index is 12.7. The van der Waals surface area contributed by atoms with Crippen LogP contribution in [0.4, 0.5) is 0 Å². The van der Waals surface area contributed by atoms with Crippen molar-refractivity contribution < 1.29 is 14.3 Å². The molecule has 0 aliphatic heterocycles. The number of carbonyl (C=O) groups excluding carboxylic acids is 2. The van der Waals surface area contributed by atoms with Gasteiger partial charge in [0.25, 0.3) is 5.91 Å². The lowest BCUT2D eigenvalue weighted by atomic mass is 9.90. The molecule has 28 heavy (non-hydrogen) atoms.